The van der Waals surface area contributed by atoms with Crippen LogP contribution in [0.15, 0.2) is 24.3 Å². The van der Waals surface area contributed by atoms with Gasteiger partial charge in [-0.1, -0.05) is 43.5 Å². The minimum atomic E-state index is -0.718. The van der Waals surface area contributed by atoms with Gasteiger partial charge in [-0.15, -0.1) is 0 Å². The average molecular weight is 317 g/mol. The highest BCUT2D eigenvalue weighted by molar-refractivity contribution is 5.83. The number of nitrogens with one attached hydrogen (secondary N) is 1. The van der Waals surface area contributed by atoms with E-state index in [0.717, 1.165) is 45.1 Å². The molecule has 1 fully saturated rings. The Hall–Kier alpha value is -1.84. The Bertz CT molecular complexity index is 541. The van der Waals surface area contributed by atoms with Crippen LogP contribution in [0.3, 0.4) is 0 Å². The molecule has 4 nitrogen and oxygen atoms in total. The van der Waals surface area contributed by atoms with E-state index < -0.39 is 5.97 Å². The van der Waals surface area contributed by atoms with Crippen LogP contribution in [0, 0.1) is 12.8 Å². The topological polar surface area (TPSA) is 66.4 Å². The lowest BCUT2D eigenvalue weighted by atomic mass is 10.0. The van der Waals surface area contributed by atoms with E-state index in [0.29, 0.717) is 5.92 Å². The third-order valence-electron chi connectivity index (χ3n) is 4.58. The van der Waals surface area contributed by atoms with Crippen molar-refractivity contribution in [2.75, 3.05) is 6.54 Å². The molecule has 1 aliphatic carbocycles. The van der Waals surface area contributed by atoms with Crippen LogP contribution in [0.5, 0.6) is 0 Å². The monoisotopic (exact) mass is 317 g/mol. The first-order valence-electron chi connectivity index (χ1n) is 8.64. The van der Waals surface area contributed by atoms with Gasteiger partial charge < -0.3 is 10.4 Å². The van der Waals surface area contributed by atoms with Crippen LogP contribution < -0.4 is 5.32 Å². The number of carbonyl (C=O) groups excluding carboxylic acids is 1. The van der Waals surface area contributed by atoms with Gasteiger partial charge in [0.25, 0.3) is 0 Å². The van der Waals surface area contributed by atoms with Gasteiger partial charge in [0.1, 0.15) is 0 Å². The third-order valence-corrected chi connectivity index (χ3v) is 4.58. The zero-order valence-corrected chi connectivity index (χ0v) is 13.9. The molecule has 0 saturated heterocycles. The number of amides is 1. The molecule has 2 atom stereocenters. The quantitative estimate of drug-likeness (QED) is 0.647. The lowest BCUT2D eigenvalue weighted by molar-refractivity contribution is -0.137. The summed E-state index contributed by atoms with van der Waals surface area (Å²) in [5.41, 5.74) is 2.58. The molecule has 4 heteroatoms. The molecule has 23 heavy (non-hydrogen) atoms. The number of aryl methyl sites for hydroxylation is 1. The van der Waals surface area contributed by atoms with Gasteiger partial charge in [0.15, 0.2) is 0 Å². The summed E-state index contributed by atoms with van der Waals surface area (Å²) in [4.78, 5) is 22.5. The van der Waals surface area contributed by atoms with Crippen molar-refractivity contribution in [2.24, 2.45) is 5.92 Å². The first kappa shape index (κ1) is 17.5. The van der Waals surface area contributed by atoms with Crippen LogP contribution >= 0.6 is 0 Å². The highest BCUT2D eigenvalue weighted by Crippen LogP contribution is 2.48. The second-order valence-electron chi connectivity index (χ2n) is 6.51. The molecule has 1 saturated carbocycles. The molecule has 0 bridgehead atoms. The number of carboxylic acids is 1. The largest absolute Gasteiger partial charge is 0.481 e. The lowest BCUT2D eigenvalue weighted by Crippen LogP contribution is -2.26. The minimum absolute atomic E-state index is 0.145. The summed E-state index contributed by atoms with van der Waals surface area (Å²) >= 11 is 0. The fraction of sp³-hybridized carbons (Fsp3) is 0.579. The Kier molecular flexibility index (Phi) is 6.63. The van der Waals surface area contributed by atoms with Crippen molar-refractivity contribution in [1.29, 1.82) is 0 Å². The smallest absolute Gasteiger partial charge is 0.303 e. The maximum absolute atomic E-state index is 12.1. The molecule has 1 aromatic carbocycles. The summed E-state index contributed by atoms with van der Waals surface area (Å²) < 4.78 is 0. The fourth-order valence-electron chi connectivity index (χ4n) is 3.11. The zero-order valence-electron chi connectivity index (χ0n) is 13.9. The molecule has 0 radical (unpaired) electrons. The summed E-state index contributed by atoms with van der Waals surface area (Å²) in [6.45, 7) is 2.84. The standard InChI is InChI=1S/C19H27NO3/c1-14-9-6-7-10-15(14)16-13-17(16)19(23)20-12-8-4-2-3-5-11-18(21)22/h6-7,9-10,16-17H,2-5,8,11-13H2,1H3,(H,20,23)(H,21,22). The Labute approximate surface area is 138 Å². The molecule has 2 unspecified atom stereocenters. The summed E-state index contributed by atoms with van der Waals surface area (Å²) in [7, 11) is 0. The van der Waals surface area contributed by atoms with Gasteiger partial charge in [0.05, 0.1) is 0 Å². The predicted octanol–water partition coefficient (Wildman–Crippen LogP) is 3.64. The summed E-state index contributed by atoms with van der Waals surface area (Å²) in [6.07, 6.45) is 6.00. The minimum Gasteiger partial charge on any atom is -0.481 e. The van der Waals surface area contributed by atoms with E-state index in [-0.39, 0.29) is 18.2 Å². The molecule has 0 heterocycles. The van der Waals surface area contributed by atoms with Crippen molar-refractivity contribution >= 4 is 11.9 Å². The van der Waals surface area contributed by atoms with E-state index in [2.05, 4.69) is 24.4 Å². The summed E-state index contributed by atoms with van der Waals surface area (Å²) in [6, 6.07) is 8.31. The van der Waals surface area contributed by atoms with Crippen molar-refractivity contribution in [3.05, 3.63) is 35.4 Å². The van der Waals surface area contributed by atoms with E-state index in [1.54, 1.807) is 0 Å². The lowest BCUT2D eigenvalue weighted by Gasteiger charge is -2.06. The molecule has 2 rings (SSSR count). The van der Waals surface area contributed by atoms with Crippen LogP contribution in [0.1, 0.15) is 62.0 Å². The maximum Gasteiger partial charge on any atom is 0.303 e. The average Bonchev–Trinajstić information content (AvgIpc) is 3.30. The van der Waals surface area contributed by atoms with Gasteiger partial charge in [-0.2, -0.15) is 0 Å². The number of rotatable bonds is 10. The molecule has 0 spiro atoms. The molecule has 1 amide bonds. The van der Waals surface area contributed by atoms with E-state index in [1.165, 1.54) is 11.1 Å². The number of benzene rings is 1. The van der Waals surface area contributed by atoms with Crippen molar-refractivity contribution in [3.8, 4) is 0 Å². The number of carboxylic acid groups (broad SMARTS) is 1. The predicted molar refractivity (Wildman–Crippen MR) is 90.4 cm³/mol. The van der Waals surface area contributed by atoms with Crippen LogP contribution in [-0.4, -0.2) is 23.5 Å². The van der Waals surface area contributed by atoms with Gasteiger partial charge >= 0.3 is 5.97 Å². The van der Waals surface area contributed by atoms with E-state index in [4.69, 9.17) is 5.11 Å². The van der Waals surface area contributed by atoms with E-state index in [1.807, 2.05) is 12.1 Å². The normalized spacial score (nSPS) is 19.3. The number of carbonyl (C=O) groups is 2. The second kappa shape index (κ2) is 8.70. The number of hydrogen-bond donors (Lipinski definition) is 2. The van der Waals surface area contributed by atoms with Crippen molar-refractivity contribution < 1.29 is 14.7 Å². The molecule has 0 aliphatic heterocycles. The molecular weight excluding hydrogens is 290 g/mol. The molecule has 0 aromatic heterocycles. The van der Waals surface area contributed by atoms with Crippen LogP contribution in [0.2, 0.25) is 0 Å². The molecule has 2 N–H and O–H groups in total. The van der Waals surface area contributed by atoms with Gasteiger partial charge in [0.2, 0.25) is 5.91 Å². The highest BCUT2D eigenvalue weighted by atomic mass is 16.4. The van der Waals surface area contributed by atoms with E-state index >= 15 is 0 Å². The van der Waals surface area contributed by atoms with Crippen molar-refractivity contribution in [1.82, 2.24) is 5.32 Å². The van der Waals surface area contributed by atoms with Crippen LogP contribution in [0.4, 0.5) is 0 Å². The zero-order chi connectivity index (χ0) is 16.7. The summed E-state index contributed by atoms with van der Waals surface area (Å²) in [5, 5.41) is 11.6. The van der Waals surface area contributed by atoms with Gasteiger partial charge in [0, 0.05) is 18.9 Å². The van der Waals surface area contributed by atoms with Crippen LogP contribution in [-0.2, 0) is 9.59 Å². The Morgan fingerprint density at radius 3 is 2.57 bits per heavy atom. The fourth-order valence-corrected chi connectivity index (χ4v) is 3.11. The second-order valence-corrected chi connectivity index (χ2v) is 6.51. The van der Waals surface area contributed by atoms with Crippen molar-refractivity contribution in [2.45, 2.75) is 57.8 Å². The Morgan fingerprint density at radius 2 is 1.83 bits per heavy atom. The summed E-state index contributed by atoms with van der Waals surface area (Å²) in [5.74, 6) is 0.00733. The van der Waals surface area contributed by atoms with Crippen LogP contribution in [0.25, 0.3) is 0 Å². The van der Waals surface area contributed by atoms with Gasteiger partial charge in [-0.3, -0.25) is 9.59 Å². The maximum atomic E-state index is 12.1. The van der Waals surface area contributed by atoms with Gasteiger partial charge in [-0.25, -0.2) is 0 Å². The third kappa shape index (κ3) is 5.70. The molecule has 1 aliphatic rings. The number of aliphatic carboxylic acids is 1. The van der Waals surface area contributed by atoms with Gasteiger partial charge in [-0.05, 0) is 43.2 Å². The number of unbranched alkanes of at least 4 members (excludes halogenated alkanes) is 4. The van der Waals surface area contributed by atoms with Crippen molar-refractivity contribution in [3.63, 3.8) is 0 Å². The Morgan fingerprint density at radius 1 is 1.13 bits per heavy atom. The van der Waals surface area contributed by atoms with E-state index in [9.17, 15) is 9.59 Å². The first-order valence-corrected chi connectivity index (χ1v) is 8.64. The first-order chi connectivity index (χ1) is 11.1. The number of hydrogen-bond acceptors (Lipinski definition) is 2. The Balaban J connectivity index is 1.55. The molecule has 1 aromatic rings. The highest BCUT2D eigenvalue weighted by Gasteiger charge is 2.44. The molecular formula is C19H27NO3. The SMILES string of the molecule is Cc1ccccc1C1CC1C(=O)NCCCCCCCC(=O)O. The molecule has 126 valence electrons.